The van der Waals surface area contributed by atoms with E-state index in [0.29, 0.717) is 12.6 Å². The molecule has 0 bridgehead atoms. The summed E-state index contributed by atoms with van der Waals surface area (Å²) >= 11 is 2.04. The van der Waals surface area contributed by atoms with Crippen LogP contribution in [-0.4, -0.2) is 43.1 Å². The van der Waals surface area contributed by atoms with Gasteiger partial charge in [0.25, 0.3) is 0 Å². The lowest BCUT2D eigenvalue weighted by atomic mass is 10.2. The summed E-state index contributed by atoms with van der Waals surface area (Å²) in [4.78, 5) is 7.12. The first-order valence-corrected chi connectivity index (χ1v) is 10.1. The molecular weight excluding hydrogens is 443 g/mol. The summed E-state index contributed by atoms with van der Waals surface area (Å²) in [6.45, 7) is 5.77. The zero-order valence-corrected chi connectivity index (χ0v) is 18.1. The SMILES string of the molecule is CCNC(=NCc1ccc(N2CC=CC2)cc1)NC1CCCSC1.I. The van der Waals surface area contributed by atoms with E-state index in [1.807, 2.05) is 11.8 Å². The van der Waals surface area contributed by atoms with E-state index in [4.69, 9.17) is 4.99 Å². The molecule has 1 aromatic rings. The smallest absolute Gasteiger partial charge is 0.191 e. The van der Waals surface area contributed by atoms with Crippen molar-refractivity contribution in [2.75, 3.05) is 36.0 Å². The highest BCUT2D eigenvalue weighted by molar-refractivity contribution is 14.0. The van der Waals surface area contributed by atoms with Gasteiger partial charge >= 0.3 is 0 Å². The van der Waals surface area contributed by atoms with Crippen LogP contribution in [0, 0.1) is 0 Å². The van der Waals surface area contributed by atoms with Gasteiger partial charge in [-0.3, -0.25) is 0 Å². The Morgan fingerprint density at radius 2 is 2.00 bits per heavy atom. The lowest BCUT2D eigenvalue weighted by molar-refractivity contribution is 0.582. The molecule has 0 saturated carbocycles. The molecule has 0 amide bonds. The second kappa shape index (κ2) is 11.0. The average Bonchev–Trinajstić information content (AvgIpc) is 3.16. The predicted octanol–water partition coefficient (Wildman–Crippen LogP) is 3.63. The number of thioether (sulfide) groups is 1. The van der Waals surface area contributed by atoms with Crippen molar-refractivity contribution in [3.8, 4) is 0 Å². The second-order valence-electron chi connectivity index (χ2n) is 6.30. The second-order valence-corrected chi connectivity index (χ2v) is 7.45. The Morgan fingerprint density at radius 3 is 2.64 bits per heavy atom. The number of hydrogen-bond donors (Lipinski definition) is 2. The molecule has 4 nitrogen and oxygen atoms in total. The van der Waals surface area contributed by atoms with Crippen molar-refractivity contribution in [2.24, 2.45) is 4.99 Å². The Bertz CT molecular complexity index is 559. The summed E-state index contributed by atoms with van der Waals surface area (Å²) in [5, 5.41) is 6.95. The van der Waals surface area contributed by atoms with Gasteiger partial charge in [0.2, 0.25) is 0 Å². The van der Waals surface area contributed by atoms with E-state index in [-0.39, 0.29) is 24.0 Å². The Morgan fingerprint density at radius 1 is 1.24 bits per heavy atom. The summed E-state index contributed by atoms with van der Waals surface area (Å²) in [5.41, 5.74) is 2.54. The quantitative estimate of drug-likeness (QED) is 0.297. The standard InChI is InChI=1S/C19H28N4S.HI/c1-2-20-19(22-17-6-5-13-24-15-17)21-14-16-7-9-18(10-8-16)23-11-3-4-12-23;/h3-4,7-10,17H,2,5-6,11-15H2,1H3,(H2,20,21,22);1H. The van der Waals surface area contributed by atoms with Crippen LogP contribution in [0.5, 0.6) is 0 Å². The first kappa shape index (κ1) is 20.4. The van der Waals surface area contributed by atoms with Crippen LogP contribution in [0.1, 0.15) is 25.3 Å². The van der Waals surface area contributed by atoms with Crippen LogP contribution in [-0.2, 0) is 6.54 Å². The highest BCUT2D eigenvalue weighted by Gasteiger charge is 2.14. The van der Waals surface area contributed by atoms with Crippen molar-refractivity contribution in [3.63, 3.8) is 0 Å². The van der Waals surface area contributed by atoms with E-state index < -0.39 is 0 Å². The van der Waals surface area contributed by atoms with Crippen molar-refractivity contribution in [3.05, 3.63) is 42.0 Å². The Kier molecular flexibility index (Phi) is 8.95. The molecule has 1 unspecified atom stereocenters. The van der Waals surface area contributed by atoms with Gasteiger partial charge in [0.05, 0.1) is 6.54 Å². The number of nitrogens with one attached hydrogen (secondary N) is 2. The molecule has 0 spiro atoms. The van der Waals surface area contributed by atoms with E-state index in [1.165, 1.54) is 35.6 Å². The van der Waals surface area contributed by atoms with E-state index in [2.05, 4.69) is 58.9 Å². The molecule has 1 atom stereocenters. The van der Waals surface area contributed by atoms with Gasteiger partial charge in [0, 0.05) is 37.1 Å². The van der Waals surface area contributed by atoms with Crippen LogP contribution in [0.2, 0.25) is 0 Å². The fourth-order valence-corrected chi connectivity index (χ4v) is 4.11. The predicted molar refractivity (Wildman–Crippen MR) is 122 cm³/mol. The molecule has 138 valence electrons. The zero-order chi connectivity index (χ0) is 16.6. The molecule has 1 saturated heterocycles. The van der Waals surface area contributed by atoms with Gasteiger partial charge < -0.3 is 15.5 Å². The van der Waals surface area contributed by atoms with Gasteiger partial charge in [0.1, 0.15) is 0 Å². The molecule has 2 aliphatic heterocycles. The largest absolute Gasteiger partial charge is 0.364 e. The summed E-state index contributed by atoms with van der Waals surface area (Å²) in [6.07, 6.45) is 6.98. The van der Waals surface area contributed by atoms with E-state index in [0.717, 1.165) is 25.6 Å². The number of hydrogen-bond acceptors (Lipinski definition) is 3. The third-order valence-electron chi connectivity index (χ3n) is 4.38. The fourth-order valence-electron chi connectivity index (χ4n) is 3.04. The zero-order valence-electron chi connectivity index (χ0n) is 14.9. The minimum absolute atomic E-state index is 0. The lowest BCUT2D eigenvalue weighted by Crippen LogP contribution is -2.45. The van der Waals surface area contributed by atoms with E-state index >= 15 is 0 Å². The van der Waals surface area contributed by atoms with E-state index in [9.17, 15) is 0 Å². The minimum atomic E-state index is 0. The van der Waals surface area contributed by atoms with Crippen molar-refractivity contribution in [1.29, 1.82) is 0 Å². The van der Waals surface area contributed by atoms with Gasteiger partial charge in [0.15, 0.2) is 5.96 Å². The Labute approximate surface area is 172 Å². The number of aliphatic imine (C=N–C) groups is 1. The molecule has 2 N–H and O–H groups in total. The molecule has 1 fully saturated rings. The van der Waals surface area contributed by atoms with Crippen LogP contribution in [0.4, 0.5) is 5.69 Å². The molecule has 2 heterocycles. The summed E-state index contributed by atoms with van der Waals surface area (Å²) in [7, 11) is 0. The van der Waals surface area contributed by atoms with Gasteiger partial charge in [-0.2, -0.15) is 11.8 Å². The highest BCUT2D eigenvalue weighted by atomic mass is 127. The van der Waals surface area contributed by atoms with Crippen LogP contribution in [0.3, 0.4) is 0 Å². The number of halogens is 1. The fraction of sp³-hybridized carbons (Fsp3) is 0.526. The van der Waals surface area contributed by atoms with Crippen molar-refractivity contribution < 1.29 is 0 Å². The highest BCUT2D eigenvalue weighted by Crippen LogP contribution is 2.18. The average molecular weight is 472 g/mol. The number of rotatable bonds is 5. The van der Waals surface area contributed by atoms with Crippen LogP contribution in [0.15, 0.2) is 41.4 Å². The van der Waals surface area contributed by atoms with Crippen LogP contribution >= 0.6 is 35.7 Å². The first-order chi connectivity index (χ1) is 11.8. The van der Waals surface area contributed by atoms with Crippen molar-refractivity contribution >= 4 is 47.4 Å². The maximum atomic E-state index is 4.76. The van der Waals surface area contributed by atoms with E-state index in [1.54, 1.807) is 0 Å². The van der Waals surface area contributed by atoms with Gasteiger partial charge in [-0.05, 0) is 43.2 Å². The van der Waals surface area contributed by atoms with Gasteiger partial charge in [-0.15, -0.1) is 24.0 Å². The monoisotopic (exact) mass is 472 g/mol. The summed E-state index contributed by atoms with van der Waals surface area (Å²) in [5.74, 6) is 3.42. The van der Waals surface area contributed by atoms with Crippen molar-refractivity contribution in [1.82, 2.24) is 10.6 Å². The normalized spacial score (nSPS) is 20.3. The Balaban J connectivity index is 0.00000225. The Hall–Kier alpha value is -0.890. The number of anilines is 1. The molecule has 0 radical (unpaired) electrons. The number of guanidine groups is 1. The summed E-state index contributed by atoms with van der Waals surface area (Å²) < 4.78 is 0. The molecule has 6 heteroatoms. The van der Waals surface area contributed by atoms with Gasteiger partial charge in [-0.25, -0.2) is 4.99 Å². The topological polar surface area (TPSA) is 39.7 Å². The third-order valence-corrected chi connectivity index (χ3v) is 5.60. The van der Waals surface area contributed by atoms with Crippen molar-refractivity contribution in [2.45, 2.75) is 32.4 Å². The molecule has 3 rings (SSSR count). The molecule has 1 aromatic carbocycles. The molecule has 0 aliphatic carbocycles. The van der Waals surface area contributed by atoms with Gasteiger partial charge in [-0.1, -0.05) is 24.3 Å². The molecule has 25 heavy (non-hydrogen) atoms. The number of nitrogens with zero attached hydrogens (tertiary/aromatic N) is 2. The maximum absolute atomic E-state index is 4.76. The summed E-state index contributed by atoms with van der Waals surface area (Å²) in [6, 6.07) is 9.34. The lowest BCUT2D eigenvalue weighted by Gasteiger charge is -2.24. The first-order valence-electron chi connectivity index (χ1n) is 8.96. The molecule has 0 aromatic heterocycles. The maximum Gasteiger partial charge on any atom is 0.191 e. The number of benzene rings is 1. The van der Waals surface area contributed by atoms with Crippen LogP contribution < -0.4 is 15.5 Å². The van der Waals surface area contributed by atoms with Crippen LogP contribution in [0.25, 0.3) is 0 Å². The minimum Gasteiger partial charge on any atom is -0.364 e. The third kappa shape index (κ3) is 6.40. The molecular formula is C19H29IN4S. The molecule has 2 aliphatic rings.